The van der Waals surface area contributed by atoms with Crippen molar-refractivity contribution in [2.75, 3.05) is 13.7 Å². The summed E-state index contributed by atoms with van der Waals surface area (Å²) in [6, 6.07) is 6.98. The monoisotopic (exact) mass is 220 g/mol. The predicted octanol–water partition coefficient (Wildman–Crippen LogP) is 1.75. The number of aliphatic hydroxyl groups excluding tert-OH is 1. The molecule has 2 aromatic rings. The highest BCUT2D eigenvalue weighted by Crippen LogP contribution is 2.21. The molecule has 0 aliphatic carbocycles. The van der Waals surface area contributed by atoms with Gasteiger partial charge in [0.2, 0.25) is 0 Å². The van der Waals surface area contributed by atoms with Gasteiger partial charge in [0, 0.05) is 11.8 Å². The molecule has 2 rings (SSSR count). The summed E-state index contributed by atoms with van der Waals surface area (Å²) in [5.74, 6) is 0.321. The molecule has 4 heteroatoms. The number of carbonyl (C=O) groups excluding carboxylic acids is 1. The summed E-state index contributed by atoms with van der Waals surface area (Å²) in [6.45, 7) is 0.0453. The van der Waals surface area contributed by atoms with E-state index in [0.717, 1.165) is 5.39 Å². The Hall–Kier alpha value is -1.81. The third-order valence-electron chi connectivity index (χ3n) is 2.35. The van der Waals surface area contributed by atoms with Crippen LogP contribution < -0.4 is 0 Å². The van der Waals surface area contributed by atoms with E-state index in [9.17, 15) is 4.79 Å². The van der Waals surface area contributed by atoms with E-state index in [4.69, 9.17) is 9.52 Å². The van der Waals surface area contributed by atoms with E-state index in [1.165, 1.54) is 7.11 Å². The van der Waals surface area contributed by atoms with Crippen molar-refractivity contribution in [2.24, 2.45) is 0 Å². The molecule has 0 fully saturated rings. The second-order valence-electron chi connectivity index (χ2n) is 3.43. The first-order valence-electron chi connectivity index (χ1n) is 4.96. The highest BCUT2D eigenvalue weighted by atomic mass is 16.5. The first-order chi connectivity index (χ1) is 7.74. The third-order valence-corrected chi connectivity index (χ3v) is 2.35. The number of fused-ring (bicyclic) bond motifs is 1. The van der Waals surface area contributed by atoms with Gasteiger partial charge >= 0.3 is 5.97 Å². The van der Waals surface area contributed by atoms with Gasteiger partial charge in [0.1, 0.15) is 11.3 Å². The van der Waals surface area contributed by atoms with Crippen molar-refractivity contribution >= 4 is 16.9 Å². The van der Waals surface area contributed by atoms with Gasteiger partial charge in [-0.1, -0.05) is 6.07 Å². The van der Waals surface area contributed by atoms with Crippen LogP contribution in [0.25, 0.3) is 11.0 Å². The molecular weight excluding hydrogens is 208 g/mol. The minimum atomic E-state index is -0.387. The maximum absolute atomic E-state index is 11.3. The van der Waals surface area contributed by atoms with Crippen LogP contribution in [0, 0.1) is 0 Å². The molecule has 0 bridgehead atoms. The molecule has 0 radical (unpaired) electrons. The highest BCUT2D eigenvalue weighted by Gasteiger charge is 2.09. The molecule has 1 heterocycles. The zero-order chi connectivity index (χ0) is 11.5. The van der Waals surface area contributed by atoms with Crippen molar-refractivity contribution in [2.45, 2.75) is 6.42 Å². The molecule has 0 spiro atoms. The number of esters is 1. The van der Waals surface area contributed by atoms with Crippen LogP contribution in [0.2, 0.25) is 0 Å². The normalized spacial score (nSPS) is 10.6. The molecule has 0 aliphatic heterocycles. The first-order valence-corrected chi connectivity index (χ1v) is 4.96. The van der Waals surface area contributed by atoms with Crippen molar-refractivity contribution in [3.8, 4) is 0 Å². The van der Waals surface area contributed by atoms with E-state index in [-0.39, 0.29) is 12.6 Å². The molecule has 0 saturated carbocycles. The molecule has 4 nitrogen and oxygen atoms in total. The number of methoxy groups -OCH3 is 1. The van der Waals surface area contributed by atoms with Crippen LogP contribution in [0.3, 0.4) is 0 Å². The number of furan rings is 1. The van der Waals surface area contributed by atoms with Gasteiger partial charge in [-0.25, -0.2) is 4.79 Å². The van der Waals surface area contributed by atoms with Crippen LogP contribution in [0.15, 0.2) is 28.7 Å². The topological polar surface area (TPSA) is 59.7 Å². The molecular formula is C12H12O4. The molecule has 84 valence electrons. The second-order valence-corrected chi connectivity index (χ2v) is 3.43. The maximum atomic E-state index is 11.3. The van der Waals surface area contributed by atoms with Gasteiger partial charge in [-0.15, -0.1) is 0 Å². The number of hydrogen-bond acceptors (Lipinski definition) is 4. The van der Waals surface area contributed by atoms with E-state index in [0.29, 0.717) is 23.3 Å². The Morgan fingerprint density at radius 1 is 1.44 bits per heavy atom. The fourth-order valence-electron chi connectivity index (χ4n) is 1.56. The molecule has 1 aromatic carbocycles. The smallest absolute Gasteiger partial charge is 0.337 e. The lowest BCUT2D eigenvalue weighted by Crippen LogP contribution is -1.99. The van der Waals surface area contributed by atoms with Gasteiger partial charge in [-0.05, 0) is 18.2 Å². The van der Waals surface area contributed by atoms with E-state index < -0.39 is 0 Å². The minimum Gasteiger partial charge on any atom is -0.465 e. The number of hydrogen-bond donors (Lipinski definition) is 1. The minimum absolute atomic E-state index is 0.0453. The number of rotatable bonds is 3. The molecule has 0 amide bonds. The van der Waals surface area contributed by atoms with E-state index in [2.05, 4.69) is 4.74 Å². The Labute approximate surface area is 92.4 Å². The first kappa shape index (κ1) is 10.7. The van der Waals surface area contributed by atoms with Crippen molar-refractivity contribution in [1.82, 2.24) is 0 Å². The third kappa shape index (κ3) is 1.92. The highest BCUT2D eigenvalue weighted by molar-refractivity contribution is 5.93. The quantitative estimate of drug-likeness (QED) is 0.800. The zero-order valence-electron chi connectivity index (χ0n) is 8.90. The Morgan fingerprint density at radius 3 is 2.94 bits per heavy atom. The summed E-state index contributed by atoms with van der Waals surface area (Å²) in [4.78, 5) is 11.3. The Morgan fingerprint density at radius 2 is 2.25 bits per heavy atom. The lowest BCUT2D eigenvalue weighted by Gasteiger charge is -1.97. The molecule has 1 N–H and O–H groups in total. The maximum Gasteiger partial charge on any atom is 0.337 e. The number of carbonyl (C=O) groups is 1. The standard InChI is InChI=1S/C12H12O4/c1-15-12(14)9-3-2-8-6-10(4-5-13)16-11(8)7-9/h2-3,6-7,13H,4-5H2,1H3. The SMILES string of the molecule is COC(=O)c1ccc2cc(CCO)oc2c1. The van der Waals surface area contributed by atoms with Crippen molar-refractivity contribution in [3.05, 3.63) is 35.6 Å². The largest absolute Gasteiger partial charge is 0.465 e. The Kier molecular flexibility index (Phi) is 2.92. The van der Waals surface area contributed by atoms with Gasteiger partial charge in [0.05, 0.1) is 19.3 Å². The van der Waals surface area contributed by atoms with Crippen LogP contribution in [-0.2, 0) is 11.2 Å². The molecule has 1 aromatic heterocycles. The van der Waals surface area contributed by atoms with Crippen molar-refractivity contribution < 1.29 is 19.1 Å². The van der Waals surface area contributed by atoms with Gasteiger partial charge in [-0.2, -0.15) is 0 Å². The lowest BCUT2D eigenvalue weighted by molar-refractivity contribution is 0.0600. The summed E-state index contributed by atoms with van der Waals surface area (Å²) in [6.07, 6.45) is 0.474. The Bertz CT molecular complexity index is 513. The zero-order valence-corrected chi connectivity index (χ0v) is 8.90. The lowest BCUT2D eigenvalue weighted by atomic mass is 10.1. The summed E-state index contributed by atoms with van der Waals surface area (Å²) in [5.41, 5.74) is 1.09. The number of benzene rings is 1. The van der Waals surface area contributed by atoms with Crippen molar-refractivity contribution in [1.29, 1.82) is 0 Å². The summed E-state index contributed by atoms with van der Waals surface area (Å²) < 4.78 is 10.1. The van der Waals surface area contributed by atoms with E-state index in [1.807, 2.05) is 6.07 Å². The fraction of sp³-hybridized carbons (Fsp3) is 0.250. The van der Waals surface area contributed by atoms with E-state index in [1.54, 1.807) is 18.2 Å². The van der Waals surface area contributed by atoms with Crippen molar-refractivity contribution in [3.63, 3.8) is 0 Å². The van der Waals surface area contributed by atoms with Crippen LogP contribution >= 0.6 is 0 Å². The molecule has 0 aliphatic rings. The molecule has 0 atom stereocenters. The van der Waals surface area contributed by atoms with Crippen LogP contribution in [0.1, 0.15) is 16.1 Å². The van der Waals surface area contributed by atoms with Gasteiger partial charge in [0.15, 0.2) is 0 Å². The number of ether oxygens (including phenoxy) is 1. The summed E-state index contributed by atoms with van der Waals surface area (Å²) in [7, 11) is 1.34. The Balaban J connectivity index is 2.41. The molecule has 16 heavy (non-hydrogen) atoms. The van der Waals surface area contributed by atoms with Crippen LogP contribution in [0.4, 0.5) is 0 Å². The summed E-state index contributed by atoms with van der Waals surface area (Å²) >= 11 is 0. The average Bonchev–Trinajstić information content (AvgIpc) is 2.69. The average molecular weight is 220 g/mol. The fourth-order valence-corrected chi connectivity index (χ4v) is 1.56. The summed E-state index contributed by atoms with van der Waals surface area (Å²) in [5, 5.41) is 9.70. The van der Waals surface area contributed by atoms with Gasteiger partial charge < -0.3 is 14.3 Å². The molecule has 0 saturated heterocycles. The van der Waals surface area contributed by atoms with E-state index >= 15 is 0 Å². The number of aliphatic hydroxyl groups is 1. The van der Waals surface area contributed by atoms with Crippen LogP contribution in [0.5, 0.6) is 0 Å². The van der Waals surface area contributed by atoms with Gasteiger partial charge in [-0.3, -0.25) is 0 Å². The predicted molar refractivity (Wildman–Crippen MR) is 58.3 cm³/mol. The second kappa shape index (κ2) is 4.37. The van der Waals surface area contributed by atoms with Gasteiger partial charge in [0.25, 0.3) is 0 Å². The molecule has 0 unspecified atom stereocenters. The van der Waals surface area contributed by atoms with Crippen LogP contribution in [-0.4, -0.2) is 24.8 Å².